The zero-order valence-electron chi connectivity index (χ0n) is 11.3. The lowest BCUT2D eigenvalue weighted by atomic mass is 10.0. The van der Waals surface area contributed by atoms with Crippen LogP contribution in [0.4, 0.5) is 0 Å². The van der Waals surface area contributed by atoms with Gasteiger partial charge in [0.05, 0.1) is 0 Å². The molecule has 0 spiro atoms. The van der Waals surface area contributed by atoms with Gasteiger partial charge >= 0.3 is 0 Å². The molecule has 2 nitrogen and oxygen atoms in total. The number of benzene rings is 1. The molecule has 0 radical (unpaired) electrons. The van der Waals surface area contributed by atoms with Crippen molar-refractivity contribution in [3.8, 4) is 11.1 Å². The fourth-order valence-corrected chi connectivity index (χ4v) is 2.05. The molecule has 1 unspecified atom stereocenters. The SMILES string of the molecule is CCNC(C)c1cccc(-c2ccc(C)nc2)c1. The summed E-state index contributed by atoms with van der Waals surface area (Å²) in [4.78, 5) is 4.35. The van der Waals surface area contributed by atoms with Crippen LogP contribution in [0.5, 0.6) is 0 Å². The molecule has 0 aliphatic rings. The Kier molecular flexibility index (Phi) is 4.11. The van der Waals surface area contributed by atoms with E-state index >= 15 is 0 Å². The molecule has 0 fully saturated rings. The van der Waals surface area contributed by atoms with Gasteiger partial charge < -0.3 is 5.32 Å². The normalized spacial score (nSPS) is 12.4. The van der Waals surface area contributed by atoms with Crippen LogP contribution in [0.1, 0.15) is 31.1 Å². The average Bonchev–Trinajstić information content (AvgIpc) is 2.40. The van der Waals surface area contributed by atoms with E-state index in [2.05, 4.69) is 60.5 Å². The number of hydrogen-bond donors (Lipinski definition) is 1. The highest BCUT2D eigenvalue weighted by Crippen LogP contribution is 2.22. The summed E-state index contributed by atoms with van der Waals surface area (Å²) in [6, 6.07) is 13.2. The van der Waals surface area contributed by atoms with Crippen LogP contribution in [-0.4, -0.2) is 11.5 Å². The molecule has 2 aromatic rings. The van der Waals surface area contributed by atoms with E-state index < -0.39 is 0 Å². The van der Waals surface area contributed by atoms with Crippen molar-refractivity contribution < 1.29 is 0 Å². The lowest BCUT2D eigenvalue weighted by Crippen LogP contribution is -2.17. The number of pyridine rings is 1. The molecular weight excluding hydrogens is 220 g/mol. The molecule has 0 aliphatic heterocycles. The molecule has 18 heavy (non-hydrogen) atoms. The van der Waals surface area contributed by atoms with Crippen molar-refractivity contribution in [2.24, 2.45) is 0 Å². The lowest BCUT2D eigenvalue weighted by Gasteiger charge is -2.14. The third-order valence-electron chi connectivity index (χ3n) is 3.14. The molecule has 0 bridgehead atoms. The maximum absolute atomic E-state index is 4.35. The van der Waals surface area contributed by atoms with Gasteiger partial charge in [0, 0.05) is 23.5 Å². The highest BCUT2D eigenvalue weighted by molar-refractivity contribution is 5.63. The van der Waals surface area contributed by atoms with Gasteiger partial charge in [0.2, 0.25) is 0 Å². The van der Waals surface area contributed by atoms with Gasteiger partial charge in [0.15, 0.2) is 0 Å². The molecule has 0 saturated carbocycles. The summed E-state index contributed by atoms with van der Waals surface area (Å²) in [6.45, 7) is 7.31. The molecule has 2 rings (SSSR count). The predicted octanol–water partition coefficient (Wildman–Crippen LogP) is 3.73. The zero-order chi connectivity index (χ0) is 13.0. The first kappa shape index (κ1) is 12.8. The van der Waals surface area contributed by atoms with Crippen LogP contribution in [0.2, 0.25) is 0 Å². The molecule has 1 aromatic carbocycles. The largest absolute Gasteiger partial charge is 0.310 e. The van der Waals surface area contributed by atoms with Crippen molar-refractivity contribution in [3.63, 3.8) is 0 Å². The Bertz CT molecular complexity index is 503. The van der Waals surface area contributed by atoms with Gasteiger partial charge in [-0.05, 0) is 43.7 Å². The molecule has 1 atom stereocenters. The number of aromatic nitrogens is 1. The van der Waals surface area contributed by atoms with Crippen molar-refractivity contribution in [2.45, 2.75) is 26.8 Å². The van der Waals surface area contributed by atoms with Crippen molar-refractivity contribution in [1.29, 1.82) is 0 Å². The van der Waals surface area contributed by atoms with E-state index in [4.69, 9.17) is 0 Å². The van der Waals surface area contributed by atoms with E-state index in [1.807, 2.05) is 13.1 Å². The summed E-state index contributed by atoms with van der Waals surface area (Å²) >= 11 is 0. The first-order valence-corrected chi connectivity index (χ1v) is 6.47. The molecular formula is C16H20N2. The van der Waals surface area contributed by atoms with Crippen molar-refractivity contribution in [3.05, 3.63) is 53.9 Å². The molecule has 1 aromatic heterocycles. The molecule has 0 saturated heterocycles. The second-order valence-electron chi connectivity index (χ2n) is 4.59. The Balaban J connectivity index is 2.29. The van der Waals surface area contributed by atoms with Gasteiger partial charge in [-0.25, -0.2) is 0 Å². The highest BCUT2D eigenvalue weighted by atomic mass is 14.9. The van der Waals surface area contributed by atoms with E-state index in [0.29, 0.717) is 6.04 Å². The van der Waals surface area contributed by atoms with Crippen LogP contribution < -0.4 is 5.32 Å². The lowest BCUT2D eigenvalue weighted by molar-refractivity contribution is 0.598. The van der Waals surface area contributed by atoms with Gasteiger partial charge in [-0.2, -0.15) is 0 Å². The smallest absolute Gasteiger partial charge is 0.0373 e. The van der Waals surface area contributed by atoms with Crippen molar-refractivity contribution in [1.82, 2.24) is 10.3 Å². The number of nitrogens with one attached hydrogen (secondary N) is 1. The Morgan fingerprint density at radius 3 is 2.67 bits per heavy atom. The van der Waals surface area contributed by atoms with E-state index in [-0.39, 0.29) is 0 Å². The quantitative estimate of drug-likeness (QED) is 0.881. The van der Waals surface area contributed by atoms with Gasteiger partial charge in [-0.15, -0.1) is 0 Å². The third kappa shape index (κ3) is 2.96. The van der Waals surface area contributed by atoms with Crippen molar-refractivity contribution >= 4 is 0 Å². The van der Waals surface area contributed by atoms with Crippen LogP contribution in [0.15, 0.2) is 42.6 Å². The van der Waals surface area contributed by atoms with Crippen LogP contribution in [0, 0.1) is 6.92 Å². The molecule has 0 aliphatic carbocycles. The average molecular weight is 240 g/mol. The van der Waals surface area contributed by atoms with E-state index in [1.54, 1.807) is 0 Å². The van der Waals surface area contributed by atoms with Crippen molar-refractivity contribution in [2.75, 3.05) is 6.54 Å². The topological polar surface area (TPSA) is 24.9 Å². The molecule has 94 valence electrons. The van der Waals surface area contributed by atoms with E-state index in [0.717, 1.165) is 12.2 Å². The summed E-state index contributed by atoms with van der Waals surface area (Å²) in [5.41, 5.74) is 4.77. The number of hydrogen-bond acceptors (Lipinski definition) is 2. The molecule has 1 N–H and O–H groups in total. The monoisotopic (exact) mass is 240 g/mol. The maximum atomic E-state index is 4.35. The summed E-state index contributed by atoms with van der Waals surface area (Å²) in [5.74, 6) is 0. The van der Waals surface area contributed by atoms with Crippen LogP contribution in [0.3, 0.4) is 0 Å². The van der Waals surface area contributed by atoms with E-state index in [1.165, 1.54) is 16.7 Å². The minimum absolute atomic E-state index is 0.383. The van der Waals surface area contributed by atoms with Gasteiger partial charge in [-0.3, -0.25) is 4.98 Å². The molecule has 0 amide bonds. The van der Waals surface area contributed by atoms with Crippen LogP contribution in [0.25, 0.3) is 11.1 Å². The summed E-state index contributed by atoms with van der Waals surface area (Å²) in [7, 11) is 0. The number of aryl methyl sites for hydroxylation is 1. The summed E-state index contributed by atoms with van der Waals surface area (Å²) in [5, 5.41) is 3.43. The standard InChI is InChI=1S/C16H20N2/c1-4-17-13(3)14-6-5-7-15(10-14)16-9-8-12(2)18-11-16/h5-11,13,17H,4H2,1-3H3. The number of rotatable bonds is 4. The predicted molar refractivity (Wildman–Crippen MR) is 76.5 cm³/mol. The first-order valence-electron chi connectivity index (χ1n) is 6.47. The van der Waals surface area contributed by atoms with Crippen LogP contribution >= 0.6 is 0 Å². The number of nitrogens with zero attached hydrogens (tertiary/aromatic N) is 1. The maximum Gasteiger partial charge on any atom is 0.0373 e. The Labute approximate surface area is 109 Å². The minimum Gasteiger partial charge on any atom is -0.310 e. The molecule has 1 heterocycles. The van der Waals surface area contributed by atoms with E-state index in [9.17, 15) is 0 Å². The Morgan fingerprint density at radius 2 is 2.00 bits per heavy atom. The van der Waals surface area contributed by atoms with Gasteiger partial charge in [0.25, 0.3) is 0 Å². The second kappa shape index (κ2) is 5.78. The van der Waals surface area contributed by atoms with Gasteiger partial charge in [-0.1, -0.05) is 31.2 Å². The second-order valence-corrected chi connectivity index (χ2v) is 4.59. The third-order valence-corrected chi connectivity index (χ3v) is 3.14. The fraction of sp³-hybridized carbons (Fsp3) is 0.312. The molecule has 2 heteroatoms. The summed E-state index contributed by atoms with van der Waals surface area (Å²) < 4.78 is 0. The Morgan fingerprint density at radius 1 is 1.17 bits per heavy atom. The van der Waals surface area contributed by atoms with Gasteiger partial charge in [0.1, 0.15) is 0 Å². The fourth-order valence-electron chi connectivity index (χ4n) is 2.05. The minimum atomic E-state index is 0.383. The first-order chi connectivity index (χ1) is 8.70. The highest BCUT2D eigenvalue weighted by Gasteiger charge is 2.05. The zero-order valence-corrected chi connectivity index (χ0v) is 11.3. The summed E-state index contributed by atoms with van der Waals surface area (Å²) in [6.07, 6.45) is 1.94. The Hall–Kier alpha value is -1.67. The van der Waals surface area contributed by atoms with Crippen LogP contribution in [-0.2, 0) is 0 Å².